The maximum atomic E-state index is 10.9. The molecule has 1 aromatic carbocycles. The standard InChI is InChI=1S/C19H18N6O2S/c1-12-15-17(24-10-8-23(3)9-11-24)21-16(22-19(15)28-18(12)20-2)13-4-6-14(7-5-13)25(26)27/h4-7H,8-11H2,1,3H3. The molecule has 0 saturated carbocycles. The minimum atomic E-state index is -0.422. The van der Waals surface area contributed by atoms with Crippen LogP contribution in [0.1, 0.15) is 5.56 Å². The largest absolute Gasteiger partial charge is 0.353 e. The Balaban J connectivity index is 1.86. The van der Waals surface area contributed by atoms with Gasteiger partial charge < -0.3 is 9.80 Å². The van der Waals surface area contributed by atoms with Crippen LogP contribution in [0.3, 0.4) is 0 Å². The molecule has 142 valence electrons. The van der Waals surface area contributed by atoms with E-state index >= 15 is 0 Å². The number of likely N-dealkylation sites (N-methyl/N-ethyl adjacent to an activating group) is 1. The topological polar surface area (TPSA) is 79.8 Å². The van der Waals surface area contributed by atoms with Gasteiger partial charge in [0.1, 0.15) is 10.6 Å². The summed E-state index contributed by atoms with van der Waals surface area (Å²) in [5, 5.41) is 12.5. The number of aromatic nitrogens is 2. The molecule has 28 heavy (non-hydrogen) atoms. The molecule has 9 heteroatoms. The SMILES string of the molecule is [C-]#[N+]c1sc2nc(-c3ccc([N+](=O)[O-])cc3)nc(N3CCN(C)CC3)c2c1C. The molecule has 1 aliphatic rings. The van der Waals surface area contributed by atoms with Crippen molar-refractivity contribution in [2.45, 2.75) is 6.92 Å². The lowest BCUT2D eigenvalue weighted by atomic mass is 10.1. The molecular weight excluding hydrogens is 376 g/mol. The van der Waals surface area contributed by atoms with Gasteiger partial charge in [-0.15, -0.1) is 11.3 Å². The van der Waals surface area contributed by atoms with Crippen molar-refractivity contribution in [3.8, 4) is 11.4 Å². The Hall–Kier alpha value is -3.09. The van der Waals surface area contributed by atoms with E-state index in [2.05, 4.69) is 26.7 Å². The van der Waals surface area contributed by atoms with Crippen LogP contribution in [0.5, 0.6) is 0 Å². The van der Waals surface area contributed by atoms with Crippen LogP contribution in [0.15, 0.2) is 24.3 Å². The Labute approximate surface area is 166 Å². The van der Waals surface area contributed by atoms with E-state index in [0.29, 0.717) is 10.8 Å². The number of thiophene rings is 1. The number of rotatable bonds is 3. The lowest BCUT2D eigenvalue weighted by Gasteiger charge is -2.33. The minimum absolute atomic E-state index is 0.0337. The van der Waals surface area contributed by atoms with E-state index in [9.17, 15) is 10.1 Å². The highest BCUT2D eigenvalue weighted by Gasteiger charge is 2.23. The Morgan fingerprint density at radius 1 is 1.18 bits per heavy atom. The van der Waals surface area contributed by atoms with Crippen LogP contribution in [-0.2, 0) is 0 Å². The average molecular weight is 394 g/mol. The molecular formula is C19H18N6O2S. The van der Waals surface area contributed by atoms with Crippen LogP contribution in [0, 0.1) is 23.6 Å². The monoisotopic (exact) mass is 394 g/mol. The summed E-state index contributed by atoms with van der Waals surface area (Å²) < 4.78 is 0. The molecule has 3 heterocycles. The second-order valence-corrected chi connectivity index (χ2v) is 7.77. The molecule has 0 atom stereocenters. The molecule has 8 nitrogen and oxygen atoms in total. The number of piperazine rings is 1. The first-order valence-corrected chi connectivity index (χ1v) is 9.66. The first-order valence-electron chi connectivity index (χ1n) is 8.85. The van der Waals surface area contributed by atoms with Crippen molar-refractivity contribution in [3.63, 3.8) is 0 Å². The van der Waals surface area contributed by atoms with Gasteiger partial charge in [0, 0.05) is 49.3 Å². The van der Waals surface area contributed by atoms with Crippen molar-refractivity contribution in [2.75, 3.05) is 38.1 Å². The van der Waals surface area contributed by atoms with Crippen molar-refractivity contribution >= 4 is 38.1 Å². The first kappa shape index (κ1) is 18.3. The molecule has 1 saturated heterocycles. The summed E-state index contributed by atoms with van der Waals surface area (Å²) in [7, 11) is 2.10. The van der Waals surface area contributed by atoms with E-state index in [4.69, 9.17) is 11.6 Å². The van der Waals surface area contributed by atoms with Crippen LogP contribution in [-0.4, -0.2) is 53.0 Å². The number of hydrogen-bond acceptors (Lipinski definition) is 7. The number of nitro benzene ring substituents is 1. The summed E-state index contributed by atoms with van der Waals surface area (Å²) in [6, 6.07) is 6.26. The van der Waals surface area contributed by atoms with Crippen molar-refractivity contribution in [3.05, 3.63) is 51.4 Å². The van der Waals surface area contributed by atoms with Gasteiger partial charge >= 0.3 is 0 Å². The van der Waals surface area contributed by atoms with Gasteiger partial charge in [0.15, 0.2) is 5.82 Å². The fourth-order valence-electron chi connectivity index (χ4n) is 3.32. The lowest BCUT2D eigenvalue weighted by Crippen LogP contribution is -2.45. The van der Waals surface area contributed by atoms with Crippen molar-refractivity contribution < 1.29 is 4.92 Å². The second-order valence-electron chi connectivity index (χ2n) is 6.79. The Kier molecular flexibility index (Phi) is 4.66. The lowest BCUT2D eigenvalue weighted by molar-refractivity contribution is -0.384. The van der Waals surface area contributed by atoms with Crippen LogP contribution < -0.4 is 4.90 Å². The minimum Gasteiger partial charge on any atom is -0.353 e. The van der Waals surface area contributed by atoms with Crippen LogP contribution in [0.2, 0.25) is 0 Å². The third-order valence-corrected chi connectivity index (χ3v) is 6.07. The number of nitrogens with zero attached hydrogens (tertiary/aromatic N) is 6. The number of nitro groups is 1. The zero-order valence-corrected chi connectivity index (χ0v) is 16.4. The highest BCUT2D eigenvalue weighted by molar-refractivity contribution is 7.22. The Morgan fingerprint density at radius 2 is 1.86 bits per heavy atom. The number of hydrogen-bond donors (Lipinski definition) is 0. The summed E-state index contributed by atoms with van der Waals surface area (Å²) in [5.41, 5.74) is 1.67. The van der Waals surface area contributed by atoms with Gasteiger partial charge in [0.2, 0.25) is 5.00 Å². The van der Waals surface area contributed by atoms with Crippen molar-refractivity contribution in [1.29, 1.82) is 0 Å². The maximum absolute atomic E-state index is 10.9. The molecule has 0 radical (unpaired) electrons. The molecule has 0 spiro atoms. The molecule has 0 N–H and O–H groups in total. The zero-order valence-electron chi connectivity index (χ0n) is 15.5. The fourth-order valence-corrected chi connectivity index (χ4v) is 4.28. The Bertz CT molecular complexity index is 1090. The highest BCUT2D eigenvalue weighted by Crippen LogP contribution is 2.41. The van der Waals surface area contributed by atoms with Crippen LogP contribution in [0.25, 0.3) is 26.4 Å². The van der Waals surface area contributed by atoms with E-state index in [1.807, 2.05) is 6.92 Å². The van der Waals surface area contributed by atoms with Gasteiger partial charge in [-0.1, -0.05) is 0 Å². The maximum Gasteiger partial charge on any atom is 0.269 e. The molecule has 0 aliphatic carbocycles. The Morgan fingerprint density at radius 3 is 2.46 bits per heavy atom. The van der Waals surface area contributed by atoms with Gasteiger partial charge in [0.05, 0.1) is 11.5 Å². The van der Waals surface area contributed by atoms with Gasteiger partial charge in [0.25, 0.3) is 5.69 Å². The van der Waals surface area contributed by atoms with Crippen LogP contribution >= 0.6 is 11.3 Å². The summed E-state index contributed by atoms with van der Waals surface area (Å²) in [5.74, 6) is 1.37. The first-order chi connectivity index (χ1) is 13.5. The quantitative estimate of drug-likeness (QED) is 0.381. The summed E-state index contributed by atoms with van der Waals surface area (Å²) in [6.45, 7) is 13.0. The van der Waals surface area contributed by atoms with Crippen LogP contribution in [0.4, 0.5) is 16.5 Å². The molecule has 0 bridgehead atoms. The number of anilines is 1. The van der Waals surface area contributed by atoms with Gasteiger partial charge in [-0.3, -0.25) is 10.1 Å². The molecule has 1 fully saturated rings. The fraction of sp³-hybridized carbons (Fsp3) is 0.316. The highest BCUT2D eigenvalue weighted by atomic mass is 32.1. The summed E-state index contributed by atoms with van der Waals surface area (Å²) in [6.07, 6.45) is 0. The van der Waals surface area contributed by atoms with E-state index in [1.165, 1.54) is 23.5 Å². The molecule has 4 rings (SSSR count). The number of non-ortho nitro benzene ring substituents is 1. The third-order valence-electron chi connectivity index (χ3n) is 4.99. The second kappa shape index (κ2) is 7.14. The van der Waals surface area contributed by atoms with Gasteiger partial charge in [-0.25, -0.2) is 14.8 Å². The smallest absolute Gasteiger partial charge is 0.269 e. The van der Waals surface area contributed by atoms with Crippen molar-refractivity contribution in [2.24, 2.45) is 0 Å². The molecule has 1 aliphatic heterocycles. The molecule has 0 amide bonds. The zero-order chi connectivity index (χ0) is 19.8. The van der Waals surface area contributed by atoms with Crippen molar-refractivity contribution in [1.82, 2.24) is 14.9 Å². The van der Waals surface area contributed by atoms with Gasteiger partial charge in [-0.05, 0) is 31.7 Å². The van der Waals surface area contributed by atoms with E-state index < -0.39 is 4.92 Å². The summed E-state index contributed by atoms with van der Waals surface area (Å²) in [4.78, 5) is 28.9. The number of benzene rings is 1. The molecule has 0 unspecified atom stereocenters. The predicted octanol–water partition coefficient (Wildman–Crippen LogP) is 3.88. The third kappa shape index (κ3) is 3.17. The summed E-state index contributed by atoms with van der Waals surface area (Å²) >= 11 is 1.37. The normalized spacial score (nSPS) is 15.0. The average Bonchev–Trinajstić information content (AvgIpc) is 3.04. The predicted molar refractivity (Wildman–Crippen MR) is 110 cm³/mol. The van der Waals surface area contributed by atoms with Gasteiger partial charge in [-0.2, -0.15) is 0 Å². The number of aryl methyl sites for hydroxylation is 1. The number of fused-ring (bicyclic) bond motifs is 1. The van der Waals surface area contributed by atoms with E-state index in [1.54, 1.807) is 12.1 Å². The molecule has 3 aromatic rings. The molecule has 2 aromatic heterocycles. The van der Waals surface area contributed by atoms with E-state index in [-0.39, 0.29) is 5.69 Å². The van der Waals surface area contributed by atoms with E-state index in [0.717, 1.165) is 53.3 Å².